The highest BCUT2D eigenvalue weighted by Gasteiger charge is 2.48. The molecule has 8 nitrogen and oxygen atoms in total. The van der Waals surface area contributed by atoms with Gasteiger partial charge in [0, 0.05) is 18.0 Å². The Balaban J connectivity index is 1.76. The lowest BCUT2D eigenvalue weighted by atomic mass is 9.95. The molecule has 1 unspecified atom stereocenters. The number of hydrogen-bond acceptors (Lipinski definition) is 8. The van der Waals surface area contributed by atoms with Crippen LogP contribution in [0.15, 0.2) is 60.4 Å². The molecule has 2 aromatic carbocycles. The minimum absolute atomic E-state index is 0.0365. The summed E-state index contributed by atoms with van der Waals surface area (Å²) in [5.74, 6) is -0.917. The molecule has 36 heavy (non-hydrogen) atoms. The van der Waals surface area contributed by atoms with Gasteiger partial charge in [0.15, 0.2) is 16.6 Å². The fourth-order valence-corrected chi connectivity index (χ4v) is 5.66. The number of Topliss-reactive ketones (excluding diaryl/α,β-unsaturated/α-hetero) is 1. The number of carbonyl (C=O) groups excluding carboxylic acids is 2. The Bertz CT molecular complexity index is 1540. The van der Waals surface area contributed by atoms with Gasteiger partial charge in [-0.3, -0.25) is 19.5 Å². The number of pyridine rings is 1. The number of aliphatic hydroxyl groups excluding tert-OH is 1. The van der Waals surface area contributed by atoms with Gasteiger partial charge in [0.25, 0.3) is 5.78 Å². The summed E-state index contributed by atoms with van der Waals surface area (Å²) < 4.78 is 11.7. The first kappa shape index (κ1) is 23.5. The van der Waals surface area contributed by atoms with Crippen LogP contribution in [0.2, 0.25) is 0 Å². The monoisotopic (exact) mass is 501 g/mol. The maximum atomic E-state index is 13.5. The van der Waals surface area contributed by atoms with Crippen LogP contribution in [0.5, 0.6) is 11.5 Å². The van der Waals surface area contributed by atoms with E-state index in [1.54, 1.807) is 30.3 Å². The molecular weight excluding hydrogens is 478 g/mol. The number of anilines is 1. The summed E-state index contributed by atoms with van der Waals surface area (Å²) in [5, 5.41) is 11.6. The molecular formula is C27H23N3O5S. The number of aromatic nitrogens is 2. The predicted octanol–water partition coefficient (Wildman–Crippen LogP) is 4.95. The average molecular weight is 502 g/mol. The maximum Gasteiger partial charge on any atom is 0.301 e. The summed E-state index contributed by atoms with van der Waals surface area (Å²) in [6.45, 7) is 3.96. The van der Waals surface area contributed by atoms with Gasteiger partial charge in [0.05, 0.1) is 36.1 Å². The van der Waals surface area contributed by atoms with Gasteiger partial charge in [0.2, 0.25) is 0 Å². The second-order valence-electron chi connectivity index (χ2n) is 8.44. The van der Waals surface area contributed by atoms with E-state index in [1.807, 2.05) is 26.0 Å². The van der Waals surface area contributed by atoms with Gasteiger partial charge >= 0.3 is 5.91 Å². The number of ether oxygens (including phenoxy) is 2. The minimum atomic E-state index is -0.931. The summed E-state index contributed by atoms with van der Waals surface area (Å²) >= 11 is 1.33. The summed E-state index contributed by atoms with van der Waals surface area (Å²) in [6, 6.07) is 11.4. The van der Waals surface area contributed by atoms with Crippen molar-refractivity contribution >= 4 is 44.1 Å². The number of amides is 1. The summed E-state index contributed by atoms with van der Waals surface area (Å²) in [7, 11) is 3.03. The number of benzene rings is 2. The van der Waals surface area contributed by atoms with E-state index in [0.29, 0.717) is 27.8 Å². The van der Waals surface area contributed by atoms with Crippen molar-refractivity contribution in [2.45, 2.75) is 19.9 Å². The number of methoxy groups -OCH3 is 2. The third kappa shape index (κ3) is 3.77. The molecule has 1 N–H and O–H groups in total. The molecule has 1 amide bonds. The number of aliphatic hydroxyl groups is 1. The zero-order chi connectivity index (χ0) is 25.6. The van der Waals surface area contributed by atoms with Crippen molar-refractivity contribution in [3.8, 4) is 11.5 Å². The van der Waals surface area contributed by atoms with E-state index >= 15 is 0 Å². The first-order valence-corrected chi connectivity index (χ1v) is 12.0. The van der Waals surface area contributed by atoms with Crippen molar-refractivity contribution in [1.82, 2.24) is 9.97 Å². The average Bonchev–Trinajstić information content (AvgIpc) is 3.42. The smallest absolute Gasteiger partial charge is 0.301 e. The Morgan fingerprint density at radius 2 is 1.72 bits per heavy atom. The van der Waals surface area contributed by atoms with Gasteiger partial charge in [0.1, 0.15) is 5.76 Å². The van der Waals surface area contributed by atoms with Crippen LogP contribution < -0.4 is 14.4 Å². The number of ketones is 1. The molecule has 2 aromatic heterocycles. The van der Waals surface area contributed by atoms with Gasteiger partial charge in [-0.2, -0.15) is 0 Å². The number of fused-ring (bicyclic) bond motifs is 1. The SMILES string of the molecule is COc1ccc(C2/C(=C(\O)c3ccncc3)C(=O)C(=O)N2c2nc3c(C)cc(C)cc3s2)cc1OC. The van der Waals surface area contributed by atoms with Crippen molar-refractivity contribution in [2.75, 3.05) is 19.1 Å². The van der Waals surface area contributed by atoms with Crippen LogP contribution in [0.25, 0.3) is 16.0 Å². The zero-order valence-corrected chi connectivity index (χ0v) is 20.9. The standard InChI is InChI=1S/C27H23N3O5S/c1-14-11-15(2)22-20(12-14)36-27(29-22)30-23(17-5-6-18(34-3)19(13-17)35-4)21(25(32)26(30)33)24(31)16-7-9-28-10-8-16/h5-13,23,31H,1-4H3/b24-21+. The highest BCUT2D eigenvalue weighted by molar-refractivity contribution is 7.22. The van der Waals surface area contributed by atoms with Crippen LogP contribution in [-0.2, 0) is 9.59 Å². The van der Waals surface area contributed by atoms with Crippen LogP contribution in [0.3, 0.4) is 0 Å². The van der Waals surface area contributed by atoms with Crippen molar-refractivity contribution in [3.63, 3.8) is 0 Å². The molecule has 5 rings (SSSR count). The van der Waals surface area contributed by atoms with Crippen molar-refractivity contribution < 1.29 is 24.2 Å². The van der Waals surface area contributed by atoms with Crippen molar-refractivity contribution in [1.29, 1.82) is 0 Å². The number of rotatable bonds is 5. The minimum Gasteiger partial charge on any atom is -0.507 e. The summed E-state index contributed by atoms with van der Waals surface area (Å²) in [4.78, 5) is 36.9. The van der Waals surface area contributed by atoms with Crippen LogP contribution in [0.1, 0.15) is 28.3 Å². The van der Waals surface area contributed by atoms with Crippen molar-refractivity contribution in [2.24, 2.45) is 0 Å². The quantitative estimate of drug-likeness (QED) is 0.234. The molecule has 1 atom stereocenters. The Kier molecular flexibility index (Phi) is 5.93. The molecule has 0 bridgehead atoms. The Morgan fingerprint density at radius 1 is 1.00 bits per heavy atom. The predicted molar refractivity (Wildman–Crippen MR) is 138 cm³/mol. The van der Waals surface area contributed by atoms with E-state index in [-0.39, 0.29) is 11.3 Å². The van der Waals surface area contributed by atoms with Gasteiger partial charge in [-0.1, -0.05) is 23.5 Å². The third-order valence-electron chi connectivity index (χ3n) is 6.15. The lowest BCUT2D eigenvalue weighted by molar-refractivity contribution is -0.132. The maximum absolute atomic E-state index is 13.5. The van der Waals surface area contributed by atoms with Gasteiger partial charge in [-0.05, 0) is 60.9 Å². The van der Waals surface area contributed by atoms with E-state index in [2.05, 4.69) is 4.98 Å². The first-order chi connectivity index (χ1) is 17.3. The second-order valence-corrected chi connectivity index (χ2v) is 9.45. The molecule has 0 spiro atoms. The van der Waals surface area contributed by atoms with Crippen LogP contribution >= 0.6 is 11.3 Å². The molecule has 0 saturated carbocycles. The molecule has 182 valence electrons. The first-order valence-electron chi connectivity index (χ1n) is 11.1. The van der Waals surface area contributed by atoms with E-state index < -0.39 is 17.7 Å². The van der Waals surface area contributed by atoms with Gasteiger partial charge in [-0.15, -0.1) is 0 Å². The van der Waals surface area contributed by atoms with E-state index in [1.165, 1.54) is 42.8 Å². The van der Waals surface area contributed by atoms with Crippen molar-refractivity contribution in [3.05, 3.63) is 82.7 Å². The highest BCUT2D eigenvalue weighted by Crippen LogP contribution is 2.46. The molecule has 1 fully saturated rings. The molecule has 9 heteroatoms. The molecule has 3 heterocycles. The lowest BCUT2D eigenvalue weighted by Gasteiger charge is -2.23. The molecule has 0 aliphatic carbocycles. The normalized spacial score (nSPS) is 17.1. The summed E-state index contributed by atoms with van der Waals surface area (Å²) in [6.07, 6.45) is 3.02. The summed E-state index contributed by atoms with van der Waals surface area (Å²) in [5.41, 5.74) is 3.72. The fraction of sp³-hybridized carbons (Fsp3) is 0.185. The van der Waals surface area contributed by atoms with Crippen LogP contribution in [0.4, 0.5) is 5.13 Å². The number of carbonyl (C=O) groups is 2. The molecule has 1 aliphatic rings. The number of aryl methyl sites for hydroxylation is 2. The van der Waals surface area contributed by atoms with Crippen LogP contribution in [-0.4, -0.2) is 41.0 Å². The Morgan fingerprint density at radius 3 is 2.42 bits per heavy atom. The number of thiazole rings is 1. The van der Waals surface area contributed by atoms with Crippen LogP contribution in [0, 0.1) is 13.8 Å². The molecule has 1 aliphatic heterocycles. The molecule has 4 aromatic rings. The van der Waals surface area contributed by atoms with E-state index in [0.717, 1.165) is 21.3 Å². The Hall–Kier alpha value is -4.24. The highest BCUT2D eigenvalue weighted by atomic mass is 32.1. The largest absolute Gasteiger partial charge is 0.507 e. The number of nitrogens with zero attached hydrogens (tertiary/aromatic N) is 3. The van der Waals surface area contributed by atoms with Gasteiger partial charge in [-0.25, -0.2) is 4.98 Å². The topological polar surface area (TPSA) is 102 Å². The number of hydrogen-bond donors (Lipinski definition) is 1. The third-order valence-corrected chi connectivity index (χ3v) is 7.15. The molecule has 0 radical (unpaired) electrons. The fourth-order valence-electron chi connectivity index (χ4n) is 4.50. The molecule has 1 saturated heterocycles. The van der Waals surface area contributed by atoms with Gasteiger partial charge < -0.3 is 14.6 Å². The Labute approximate surface area is 211 Å². The van der Waals surface area contributed by atoms with E-state index in [9.17, 15) is 14.7 Å². The zero-order valence-electron chi connectivity index (χ0n) is 20.1. The lowest BCUT2D eigenvalue weighted by Crippen LogP contribution is -2.29. The second kappa shape index (κ2) is 9.09. The van der Waals surface area contributed by atoms with E-state index in [4.69, 9.17) is 14.5 Å².